The number of halogens is 1. The molecule has 1 saturated carbocycles. The van der Waals surface area contributed by atoms with Gasteiger partial charge in [0.05, 0.1) is 12.2 Å². The third-order valence-corrected chi connectivity index (χ3v) is 5.46. The minimum Gasteiger partial charge on any atom is -0.363 e. The summed E-state index contributed by atoms with van der Waals surface area (Å²) in [6.45, 7) is 2.22. The average Bonchev–Trinajstić information content (AvgIpc) is 3.37. The molecule has 2 aliphatic rings. The molecule has 1 aliphatic carbocycles. The number of carbonyl (C=O) groups excluding carboxylic acids is 1. The summed E-state index contributed by atoms with van der Waals surface area (Å²) in [4.78, 5) is 25.5. The largest absolute Gasteiger partial charge is 0.363 e. The maximum Gasteiger partial charge on any atom is 0.225 e. The lowest BCUT2D eigenvalue weighted by Gasteiger charge is -2.21. The highest BCUT2D eigenvalue weighted by atomic mass is 127. The van der Waals surface area contributed by atoms with Gasteiger partial charge in [-0.3, -0.25) is 9.79 Å². The van der Waals surface area contributed by atoms with E-state index in [1.165, 1.54) is 12.8 Å². The van der Waals surface area contributed by atoms with Crippen molar-refractivity contribution in [1.29, 1.82) is 0 Å². The summed E-state index contributed by atoms with van der Waals surface area (Å²) >= 11 is 0. The maximum absolute atomic E-state index is 12.6. The van der Waals surface area contributed by atoms with E-state index in [1.54, 1.807) is 7.05 Å². The molecule has 2 heterocycles. The molecule has 0 radical (unpaired) electrons. The molecule has 8 heteroatoms. The molecular formula is C20H33IN6O. The van der Waals surface area contributed by atoms with E-state index in [0.717, 1.165) is 49.8 Å². The average molecular weight is 500 g/mol. The normalized spacial score (nSPS) is 20.0. The molecule has 2 N–H and O–H groups in total. The van der Waals surface area contributed by atoms with Crippen LogP contribution in [-0.2, 0) is 11.3 Å². The van der Waals surface area contributed by atoms with E-state index in [4.69, 9.17) is 0 Å². The Hall–Kier alpha value is -1.58. The number of anilines is 1. The quantitative estimate of drug-likeness (QED) is 0.369. The number of nitrogens with one attached hydrogen (secondary N) is 2. The molecule has 28 heavy (non-hydrogen) atoms. The number of amides is 1. The van der Waals surface area contributed by atoms with Gasteiger partial charge in [0.2, 0.25) is 5.91 Å². The van der Waals surface area contributed by atoms with Crippen molar-refractivity contribution in [3.8, 4) is 0 Å². The van der Waals surface area contributed by atoms with Crippen molar-refractivity contribution < 1.29 is 4.79 Å². The highest BCUT2D eigenvalue weighted by molar-refractivity contribution is 14.0. The van der Waals surface area contributed by atoms with Crippen molar-refractivity contribution in [2.45, 2.75) is 44.7 Å². The fraction of sp³-hybridized carbons (Fsp3) is 0.650. The van der Waals surface area contributed by atoms with Crippen LogP contribution in [0.5, 0.6) is 0 Å². The first-order valence-corrected chi connectivity index (χ1v) is 9.96. The summed E-state index contributed by atoms with van der Waals surface area (Å²) in [5.74, 6) is 2.31. The van der Waals surface area contributed by atoms with Crippen LogP contribution in [0.25, 0.3) is 0 Å². The molecule has 1 amide bonds. The van der Waals surface area contributed by atoms with Gasteiger partial charge in [-0.2, -0.15) is 0 Å². The van der Waals surface area contributed by atoms with Gasteiger partial charge in [-0.25, -0.2) is 4.98 Å². The van der Waals surface area contributed by atoms with Crippen LogP contribution >= 0.6 is 24.0 Å². The first kappa shape index (κ1) is 22.7. The molecule has 7 nitrogen and oxygen atoms in total. The molecule has 1 unspecified atom stereocenters. The predicted octanol–water partition coefficient (Wildman–Crippen LogP) is 2.22. The summed E-state index contributed by atoms with van der Waals surface area (Å²) in [6.07, 6.45) is 5.50. The predicted molar refractivity (Wildman–Crippen MR) is 124 cm³/mol. The van der Waals surface area contributed by atoms with E-state index >= 15 is 0 Å². The van der Waals surface area contributed by atoms with Gasteiger partial charge in [0, 0.05) is 46.2 Å². The first-order chi connectivity index (χ1) is 13.1. The van der Waals surface area contributed by atoms with E-state index in [-0.39, 0.29) is 35.9 Å². The van der Waals surface area contributed by atoms with Crippen LogP contribution in [0.2, 0.25) is 0 Å². The van der Waals surface area contributed by atoms with Crippen molar-refractivity contribution in [2.75, 3.05) is 39.1 Å². The molecule has 1 atom stereocenters. The standard InChI is InChI=1S/C20H32N6O.HI/c1-21-20(22-13-16-9-6-10-18(23-16)25(2)3)24-17-11-12-26(14-17)19(27)15-7-4-5-8-15;/h6,9-10,15,17H,4-5,7-8,11-14H2,1-3H3,(H2,21,22,24);1H. The summed E-state index contributed by atoms with van der Waals surface area (Å²) < 4.78 is 0. The van der Waals surface area contributed by atoms with Crippen molar-refractivity contribution in [1.82, 2.24) is 20.5 Å². The fourth-order valence-corrected chi connectivity index (χ4v) is 3.89. The van der Waals surface area contributed by atoms with Gasteiger partial charge in [0.1, 0.15) is 5.82 Å². The minimum absolute atomic E-state index is 0. The number of aromatic nitrogens is 1. The Morgan fingerprint density at radius 2 is 2.04 bits per heavy atom. The number of nitrogens with zero attached hydrogens (tertiary/aromatic N) is 4. The van der Waals surface area contributed by atoms with E-state index in [0.29, 0.717) is 12.5 Å². The number of hydrogen-bond acceptors (Lipinski definition) is 4. The number of carbonyl (C=O) groups is 1. The van der Waals surface area contributed by atoms with Gasteiger partial charge >= 0.3 is 0 Å². The Morgan fingerprint density at radius 1 is 1.29 bits per heavy atom. The highest BCUT2D eigenvalue weighted by Gasteiger charge is 2.32. The fourth-order valence-electron chi connectivity index (χ4n) is 3.89. The van der Waals surface area contributed by atoms with E-state index < -0.39 is 0 Å². The third-order valence-electron chi connectivity index (χ3n) is 5.46. The van der Waals surface area contributed by atoms with E-state index in [2.05, 4.69) is 20.6 Å². The molecule has 0 spiro atoms. The molecule has 156 valence electrons. The van der Waals surface area contributed by atoms with Crippen LogP contribution in [0.1, 0.15) is 37.8 Å². The zero-order valence-corrected chi connectivity index (χ0v) is 19.5. The Kier molecular flexibility index (Phi) is 8.78. The molecule has 0 aromatic carbocycles. The van der Waals surface area contributed by atoms with Crippen molar-refractivity contribution in [3.63, 3.8) is 0 Å². The van der Waals surface area contributed by atoms with Crippen LogP contribution in [0.15, 0.2) is 23.2 Å². The van der Waals surface area contributed by atoms with Crippen LogP contribution in [0.3, 0.4) is 0 Å². The topological polar surface area (TPSA) is 72.9 Å². The SMILES string of the molecule is CN=C(NCc1cccc(N(C)C)n1)NC1CCN(C(=O)C2CCCC2)C1.I. The lowest BCUT2D eigenvalue weighted by molar-refractivity contribution is -0.134. The number of hydrogen-bond donors (Lipinski definition) is 2. The van der Waals surface area contributed by atoms with Gasteiger partial charge in [-0.15, -0.1) is 24.0 Å². The van der Waals surface area contributed by atoms with E-state index in [9.17, 15) is 4.79 Å². The number of likely N-dealkylation sites (tertiary alicyclic amines) is 1. The second-order valence-corrected chi connectivity index (χ2v) is 7.70. The Bertz CT molecular complexity index is 674. The molecule has 2 fully saturated rings. The summed E-state index contributed by atoms with van der Waals surface area (Å²) in [5.41, 5.74) is 0.966. The van der Waals surface area contributed by atoms with Crippen LogP contribution in [-0.4, -0.2) is 62.0 Å². The molecule has 1 aromatic rings. The first-order valence-electron chi connectivity index (χ1n) is 9.96. The molecular weight excluding hydrogens is 467 g/mol. The van der Waals surface area contributed by atoms with Crippen LogP contribution in [0, 0.1) is 5.92 Å². The zero-order valence-electron chi connectivity index (χ0n) is 17.1. The smallest absolute Gasteiger partial charge is 0.225 e. The Balaban J connectivity index is 0.00000280. The van der Waals surface area contributed by atoms with E-state index in [1.807, 2.05) is 42.1 Å². The van der Waals surface area contributed by atoms with Gasteiger partial charge in [0.25, 0.3) is 0 Å². The molecule has 0 bridgehead atoms. The van der Waals surface area contributed by atoms with Crippen LogP contribution in [0.4, 0.5) is 5.82 Å². The molecule has 1 saturated heterocycles. The van der Waals surface area contributed by atoms with Gasteiger partial charge in [-0.05, 0) is 31.4 Å². The molecule has 1 aromatic heterocycles. The second kappa shape index (κ2) is 10.8. The molecule has 3 rings (SSSR count). The monoisotopic (exact) mass is 500 g/mol. The van der Waals surface area contributed by atoms with Gasteiger partial charge < -0.3 is 20.4 Å². The number of pyridine rings is 1. The lowest BCUT2D eigenvalue weighted by Crippen LogP contribution is -2.45. The maximum atomic E-state index is 12.6. The minimum atomic E-state index is 0. The number of aliphatic imine (C=N–C) groups is 1. The zero-order chi connectivity index (χ0) is 19.2. The van der Waals surface area contributed by atoms with Crippen molar-refractivity contribution in [3.05, 3.63) is 23.9 Å². The van der Waals surface area contributed by atoms with Gasteiger partial charge in [0.15, 0.2) is 5.96 Å². The Labute approximate surface area is 185 Å². The van der Waals surface area contributed by atoms with Crippen molar-refractivity contribution >= 4 is 41.7 Å². The second-order valence-electron chi connectivity index (χ2n) is 7.70. The summed E-state index contributed by atoms with van der Waals surface area (Å²) in [7, 11) is 5.74. The Morgan fingerprint density at radius 3 is 2.71 bits per heavy atom. The molecule has 1 aliphatic heterocycles. The summed E-state index contributed by atoms with van der Waals surface area (Å²) in [6, 6.07) is 6.26. The van der Waals surface area contributed by atoms with Crippen LogP contribution < -0.4 is 15.5 Å². The third kappa shape index (κ3) is 5.96. The lowest BCUT2D eigenvalue weighted by atomic mass is 10.1. The highest BCUT2D eigenvalue weighted by Crippen LogP contribution is 2.27. The van der Waals surface area contributed by atoms with Crippen molar-refractivity contribution in [2.24, 2.45) is 10.9 Å². The number of rotatable bonds is 5. The summed E-state index contributed by atoms with van der Waals surface area (Å²) in [5, 5.41) is 6.79. The van der Waals surface area contributed by atoms with Gasteiger partial charge in [-0.1, -0.05) is 18.9 Å². The number of guanidine groups is 1.